The molecular formula is C21H29N3O2. The van der Waals surface area contributed by atoms with Crippen molar-refractivity contribution in [2.45, 2.75) is 25.8 Å². The lowest BCUT2D eigenvalue weighted by molar-refractivity contribution is -0.121. The van der Waals surface area contributed by atoms with Crippen molar-refractivity contribution >= 4 is 5.91 Å². The maximum absolute atomic E-state index is 12.3. The molecule has 1 aromatic heterocycles. The van der Waals surface area contributed by atoms with Gasteiger partial charge < -0.3 is 14.6 Å². The SMILES string of the molecule is CCN1CCN(C(CNC(=O)CCc2ccco2)c2ccccc2)CC1. The van der Waals surface area contributed by atoms with Crippen molar-refractivity contribution in [1.29, 1.82) is 0 Å². The van der Waals surface area contributed by atoms with E-state index in [2.05, 4.69) is 46.3 Å². The van der Waals surface area contributed by atoms with Gasteiger partial charge in [-0.3, -0.25) is 9.69 Å². The summed E-state index contributed by atoms with van der Waals surface area (Å²) in [5.74, 6) is 0.935. The number of likely N-dealkylation sites (N-methyl/N-ethyl adjacent to an activating group) is 1. The number of nitrogens with zero attached hydrogens (tertiary/aromatic N) is 2. The van der Waals surface area contributed by atoms with Gasteiger partial charge in [-0.15, -0.1) is 0 Å². The van der Waals surface area contributed by atoms with E-state index in [1.54, 1.807) is 6.26 Å². The maximum atomic E-state index is 12.3. The lowest BCUT2D eigenvalue weighted by Crippen LogP contribution is -2.49. The number of piperazine rings is 1. The number of furan rings is 1. The minimum absolute atomic E-state index is 0.0783. The van der Waals surface area contributed by atoms with Crippen molar-refractivity contribution in [2.75, 3.05) is 39.3 Å². The van der Waals surface area contributed by atoms with Crippen molar-refractivity contribution in [3.8, 4) is 0 Å². The normalized spacial score (nSPS) is 17.1. The Morgan fingerprint density at radius 2 is 1.88 bits per heavy atom. The Labute approximate surface area is 156 Å². The number of carbonyl (C=O) groups is 1. The average molecular weight is 355 g/mol. The van der Waals surface area contributed by atoms with Crippen LogP contribution in [0.1, 0.15) is 30.7 Å². The molecule has 140 valence electrons. The summed E-state index contributed by atoms with van der Waals surface area (Å²) >= 11 is 0. The molecule has 0 aliphatic carbocycles. The van der Waals surface area contributed by atoms with E-state index in [0.29, 0.717) is 19.4 Å². The molecule has 3 rings (SSSR count). The van der Waals surface area contributed by atoms with Crippen LogP contribution in [-0.4, -0.2) is 55.0 Å². The van der Waals surface area contributed by atoms with Crippen LogP contribution < -0.4 is 5.32 Å². The Balaban J connectivity index is 1.56. The fourth-order valence-electron chi connectivity index (χ4n) is 3.51. The predicted molar refractivity (Wildman–Crippen MR) is 103 cm³/mol. The first kappa shape index (κ1) is 18.7. The molecule has 0 saturated carbocycles. The Kier molecular flexibility index (Phi) is 6.86. The highest BCUT2D eigenvalue weighted by molar-refractivity contribution is 5.76. The van der Waals surface area contributed by atoms with E-state index in [1.807, 2.05) is 18.2 Å². The van der Waals surface area contributed by atoms with Crippen LogP contribution in [0.2, 0.25) is 0 Å². The maximum Gasteiger partial charge on any atom is 0.220 e. The molecule has 1 unspecified atom stereocenters. The first-order valence-corrected chi connectivity index (χ1v) is 9.56. The second kappa shape index (κ2) is 9.55. The zero-order valence-electron chi connectivity index (χ0n) is 15.6. The molecule has 1 aromatic carbocycles. The molecule has 1 amide bonds. The van der Waals surface area contributed by atoms with Crippen LogP contribution in [0.15, 0.2) is 53.1 Å². The lowest BCUT2D eigenvalue weighted by Gasteiger charge is -2.39. The van der Waals surface area contributed by atoms with Gasteiger partial charge in [0, 0.05) is 45.6 Å². The van der Waals surface area contributed by atoms with Gasteiger partial charge in [-0.25, -0.2) is 0 Å². The van der Waals surface area contributed by atoms with Crippen LogP contribution in [0, 0.1) is 0 Å². The second-order valence-corrected chi connectivity index (χ2v) is 6.78. The summed E-state index contributed by atoms with van der Waals surface area (Å²) in [6, 6.07) is 14.5. The predicted octanol–water partition coefficient (Wildman–Crippen LogP) is 2.71. The number of nitrogens with one attached hydrogen (secondary N) is 1. The minimum Gasteiger partial charge on any atom is -0.469 e. The third kappa shape index (κ3) is 5.19. The monoisotopic (exact) mass is 355 g/mol. The van der Waals surface area contributed by atoms with Crippen molar-refractivity contribution in [1.82, 2.24) is 15.1 Å². The summed E-state index contributed by atoms with van der Waals surface area (Å²) in [5, 5.41) is 3.13. The highest BCUT2D eigenvalue weighted by Gasteiger charge is 2.24. The van der Waals surface area contributed by atoms with E-state index in [1.165, 1.54) is 5.56 Å². The standard InChI is InChI=1S/C21H29N3O2/c1-2-23-12-14-24(15-13-23)20(18-7-4-3-5-8-18)17-22-21(25)11-10-19-9-6-16-26-19/h3-9,16,20H,2,10-15,17H2,1H3,(H,22,25). The van der Waals surface area contributed by atoms with E-state index >= 15 is 0 Å². The van der Waals surface area contributed by atoms with Gasteiger partial charge >= 0.3 is 0 Å². The molecule has 2 heterocycles. The highest BCUT2D eigenvalue weighted by atomic mass is 16.3. The summed E-state index contributed by atoms with van der Waals surface area (Å²) in [5.41, 5.74) is 1.27. The molecule has 0 bridgehead atoms. The Morgan fingerprint density at radius 1 is 1.12 bits per heavy atom. The van der Waals surface area contributed by atoms with Crippen LogP contribution in [0.5, 0.6) is 0 Å². The van der Waals surface area contributed by atoms with Crippen LogP contribution >= 0.6 is 0 Å². The van der Waals surface area contributed by atoms with E-state index in [9.17, 15) is 4.79 Å². The summed E-state index contributed by atoms with van der Waals surface area (Å²) < 4.78 is 5.30. The molecule has 1 aliphatic heterocycles. The fraction of sp³-hybridized carbons (Fsp3) is 0.476. The first-order valence-electron chi connectivity index (χ1n) is 9.56. The van der Waals surface area contributed by atoms with Crippen molar-refractivity contribution in [3.05, 3.63) is 60.1 Å². The van der Waals surface area contributed by atoms with Gasteiger partial charge in [0.25, 0.3) is 0 Å². The number of carbonyl (C=O) groups excluding carboxylic acids is 1. The zero-order valence-corrected chi connectivity index (χ0v) is 15.6. The van der Waals surface area contributed by atoms with E-state index in [-0.39, 0.29) is 11.9 Å². The first-order chi connectivity index (χ1) is 12.8. The number of aryl methyl sites for hydroxylation is 1. The van der Waals surface area contributed by atoms with Gasteiger partial charge in [-0.1, -0.05) is 37.3 Å². The van der Waals surface area contributed by atoms with Gasteiger partial charge in [0.1, 0.15) is 5.76 Å². The number of rotatable bonds is 8. The highest BCUT2D eigenvalue weighted by Crippen LogP contribution is 2.21. The molecule has 1 saturated heterocycles. The Hall–Kier alpha value is -2.11. The number of hydrogen-bond acceptors (Lipinski definition) is 4. The summed E-state index contributed by atoms with van der Waals surface area (Å²) in [6.07, 6.45) is 2.75. The number of amides is 1. The second-order valence-electron chi connectivity index (χ2n) is 6.78. The van der Waals surface area contributed by atoms with E-state index in [0.717, 1.165) is 38.5 Å². The van der Waals surface area contributed by atoms with Gasteiger partial charge in [0.2, 0.25) is 5.91 Å². The summed E-state index contributed by atoms with van der Waals surface area (Å²) in [7, 11) is 0. The van der Waals surface area contributed by atoms with Crippen molar-refractivity contribution in [2.24, 2.45) is 0 Å². The van der Waals surface area contributed by atoms with E-state index < -0.39 is 0 Å². The van der Waals surface area contributed by atoms with Gasteiger partial charge in [0.15, 0.2) is 0 Å². The molecule has 0 spiro atoms. The molecule has 5 heteroatoms. The Bertz CT molecular complexity index is 649. The molecule has 26 heavy (non-hydrogen) atoms. The molecule has 5 nitrogen and oxygen atoms in total. The number of hydrogen-bond donors (Lipinski definition) is 1. The largest absolute Gasteiger partial charge is 0.469 e. The third-order valence-electron chi connectivity index (χ3n) is 5.15. The van der Waals surface area contributed by atoms with Gasteiger partial charge in [-0.05, 0) is 24.2 Å². The molecule has 0 radical (unpaired) electrons. The molecule has 1 aliphatic rings. The smallest absolute Gasteiger partial charge is 0.220 e. The third-order valence-corrected chi connectivity index (χ3v) is 5.15. The van der Waals surface area contributed by atoms with Crippen molar-refractivity contribution < 1.29 is 9.21 Å². The lowest BCUT2D eigenvalue weighted by atomic mass is 10.0. The number of benzene rings is 1. The van der Waals surface area contributed by atoms with Crippen LogP contribution in [0.4, 0.5) is 0 Å². The van der Waals surface area contributed by atoms with Crippen LogP contribution in [0.25, 0.3) is 0 Å². The molecule has 1 N–H and O–H groups in total. The molecule has 1 fully saturated rings. The topological polar surface area (TPSA) is 48.7 Å². The Morgan fingerprint density at radius 3 is 2.54 bits per heavy atom. The summed E-state index contributed by atoms with van der Waals surface area (Å²) in [6.45, 7) is 8.22. The van der Waals surface area contributed by atoms with Crippen LogP contribution in [-0.2, 0) is 11.2 Å². The molecular weight excluding hydrogens is 326 g/mol. The molecule has 2 aromatic rings. The van der Waals surface area contributed by atoms with Gasteiger partial charge in [0.05, 0.1) is 12.3 Å². The fourth-order valence-corrected chi connectivity index (χ4v) is 3.51. The van der Waals surface area contributed by atoms with Crippen molar-refractivity contribution in [3.63, 3.8) is 0 Å². The van der Waals surface area contributed by atoms with Crippen LogP contribution in [0.3, 0.4) is 0 Å². The quantitative estimate of drug-likeness (QED) is 0.791. The average Bonchev–Trinajstić information content (AvgIpc) is 3.21. The van der Waals surface area contributed by atoms with E-state index in [4.69, 9.17) is 4.42 Å². The van der Waals surface area contributed by atoms with Gasteiger partial charge in [-0.2, -0.15) is 0 Å². The summed E-state index contributed by atoms with van der Waals surface area (Å²) in [4.78, 5) is 17.2. The molecule has 1 atom stereocenters. The zero-order chi connectivity index (χ0) is 18.2. The minimum atomic E-state index is 0.0783.